The van der Waals surface area contributed by atoms with Crippen LogP contribution in [0.15, 0.2) is 66.7 Å². The SMILES string of the molecule is O=C(Cl)c1ccccc1-c1ccc2ccccc2c1. The quantitative estimate of drug-likeness (QED) is 0.604. The molecule has 0 saturated heterocycles. The van der Waals surface area contributed by atoms with Crippen LogP contribution in [0.4, 0.5) is 0 Å². The molecule has 92 valence electrons. The van der Waals surface area contributed by atoms with Crippen LogP contribution in [0.1, 0.15) is 10.4 Å². The van der Waals surface area contributed by atoms with E-state index >= 15 is 0 Å². The summed E-state index contributed by atoms with van der Waals surface area (Å²) < 4.78 is 0. The number of benzene rings is 3. The van der Waals surface area contributed by atoms with Gasteiger partial charge in [0.2, 0.25) is 0 Å². The predicted octanol–water partition coefficient (Wildman–Crippen LogP) is 4.89. The molecule has 0 aliphatic heterocycles. The highest BCUT2D eigenvalue weighted by atomic mass is 35.5. The number of hydrogen-bond donors (Lipinski definition) is 0. The van der Waals surface area contributed by atoms with Gasteiger partial charge in [0, 0.05) is 5.56 Å². The Bertz CT molecular complexity index is 762. The second kappa shape index (κ2) is 4.87. The summed E-state index contributed by atoms with van der Waals surface area (Å²) in [5.41, 5.74) is 2.41. The van der Waals surface area contributed by atoms with E-state index in [0.717, 1.165) is 16.5 Å². The zero-order chi connectivity index (χ0) is 13.2. The van der Waals surface area contributed by atoms with E-state index < -0.39 is 5.24 Å². The average Bonchev–Trinajstić information content (AvgIpc) is 2.46. The van der Waals surface area contributed by atoms with Crippen molar-refractivity contribution in [2.45, 2.75) is 0 Å². The summed E-state index contributed by atoms with van der Waals surface area (Å²) in [6.07, 6.45) is 0. The average molecular weight is 267 g/mol. The fraction of sp³-hybridized carbons (Fsp3) is 0. The summed E-state index contributed by atoms with van der Waals surface area (Å²) in [7, 11) is 0. The van der Waals surface area contributed by atoms with E-state index in [2.05, 4.69) is 24.3 Å². The normalized spacial score (nSPS) is 10.6. The minimum absolute atomic E-state index is 0.427. The number of carbonyl (C=O) groups excluding carboxylic acids is 1. The number of carbonyl (C=O) groups is 1. The molecular weight excluding hydrogens is 256 g/mol. The van der Waals surface area contributed by atoms with E-state index in [9.17, 15) is 4.79 Å². The van der Waals surface area contributed by atoms with Crippen LogP contribution in [0.2, 0.25) is 0 Å². The molecule has 0 bridgehead atoms. The van der Waals surface area contributed by atoms with Crippen LogP contribution in [0, 0.1) is 0 Å². The smallest absolute Gasteiger partial charge is 0.253 e. The van der Waals surface area contributed by atoms with Gasteiger partial charge in [-0.15, -0.1) is 0 Å². The van der Waals surface area contributed by atoms with E-state index in [1.54, 1.807) is 6.07 Å². The van der Waals surface area contributed by atoms with Crippen LogP contribution in [-0.2, 0) is 0 Å². The second-order valence-electron chi connectivity index (χ2n) is 4.38. The maximum atomic E-state index is 11.5. The summed E-state index contributed by atoms with van der Waals surface area (Å²) >= 11 is 5.64. The molecule has 2 heteroatoms. The van der Waals surface area contributed by atoms with Crippen LogP contribution >= 0.6 is 11.6 Å². The minimum Gasteiger partial charge on any atom is -0.276 e. The van der Waals surface area contributed by atoms with Crippen molar-refractivity contribution < 1.29 is 4.79 Å². The lowest BCUT2D eigenvalue weighted by Gasteiger charge is -2.07. The topological polar surface area (TPSA) is 17.1 Å². The van der Waals surface area contributed by atoms with Crippen molar-refractivity contribution in [2.75, 3.05) is 0 Å². The number of halogens is 1. The Hall–Kier alpha value is -2.12. The lowest BCUT2D eigenvalue weighted by Crippen LogP contribution is -1.93. The van der Waals surface area contributed by atoms with Crippen LogP contribution < -0.4 is 0 Å². The monoisotopic (exact) mass is 266 g/mol. The highest BCUT2D eigenvalue weighted by molar-refractivity contribution is 6.68. The zero-order valence-corrected chi connectivity index (χ0v) is 10.9. The Morgan fingerprint density at radius 3 is 2.26 bits per heavy atom. The first-order valence-electron chi connectivity index (χ1n) is 6.04. The molecule has 3 rings (SSSR count). The molecule has 3 aromatic carbocycles. The van der Waals surface area contributed by atoms with E-state index in [1.807, 2.05) is 36.4 Å². The van der Waals surface area contributed by atoms with Crippen molar-refractivity contribution in [1.29, 1.82) is 0 Å². The Balaban J connectivity index is 2.22. The van der Waals surface area contributed by atoms with Gasteiger partial charge in [0.25, 0.3) is 5.24 Å². The highest BCUT2D eigenvalue weighted by Crippen LogP contribution is 2.28. The van der Waals surface area contributed by atoms with Gasteiger partial charge in [-0.2, -0.15) is 0 Å². The summed E-state index contributed by atoms with van der Waals surface area (Å²) in [4.78, 5) is 11.5. The predicted molar refractivity (Wildman–Crippen MR) is 79.6 cm³/mol. The van der Waals surface area contributed by atoms with Crippen LogP contribution in [0.5, 0.6) is 0 Å². The lowest BCUT2D eigenvalue weighted by molar-refractivity contribution is 0.108. The Labute approximate surface area is 116 Å². The first kappa shape index (κ1) is 11.9. The first-order valence-corrected chi connectivity index (χ1v) is 6.41. The fourth-order valence-electron chi connectivity index (χ4n) is 2.26. The van der Waals surface area contributed by atoms with Crippen molar-refractivity contribution in [2.24, 2.45) is 0 Å². The van der Waals surface area contributed by atoms with Gasteiger partial charge in [-0.05, 0) is 45.6 Å². The lowest BCUT2D eigenvalue weighted by atomic mass is 9.98. The third kappa shape index (κ3) is 2.25. The molecule has 0 fully saturated rings. The van der Waals surface area contributed by atoms with Crippen LogP contribution in [0.25, 0.3) is 21.9 Å². The van der Waals surface area contributed by atoms with Crippen LogP contribution in [-0.4, -0.2) is 5.24 Å². The fourth-order valence-corrected chi connectivity index (χ4v) is 2.43. The van der Waals surface area contributed by atoms with Gasteiger partial charge in [-0.25, -0.2) is 0 Å². The van der Waals surface area contributed by atoms with Crippen molar-refractivity contribution >= 4 is 27.6 Å². The largest absolute Gasteiger partial charge is 0.276 e. The molecule has 0 aliphatic rings. The third-order valence-corrected chi connectivity index (χ3v) is 3.40. The van der Waals surface area contributed by atoms with E-state index in [4.69, 9.17) is 11.6 Å². The number of rotatable bonds is 2. The molecule has 0 aromatic heterocycles. The molecule has 0 radical (unpaired) electrons. The standard InChI is InChI=1S/C17H11ClO/c18-17(19)16-8-4-3-7-15(16)14-10-9-12-5-1-2-6-13(12)11-14/h1-11H. The maximum absolute atomic E-state index is 11.5. The molecular formula is C17H11ClO. The van der Waals surface area contributed by atoms with E-state index in [-0.39, 0.29) is 0 Å². The molecule has 0 saturated carbocycles. The summed E-state index contributed by atoms with van der Waals surface area (Å²) in [5.74, 6) is 0. The van der Waals surface area contributed by atoms with Gasteiger partial charge in [-0.1, -0.05) is 54.6 Å². The summed E-state index contributed by atoms with van der Waals surface area (Å²) in [5, 5.41) is 1.90. The van der Waals surface area contributed by atoms with Gasteiger partial charge in [0.05, 0.1) is 0 Å². The maximum Gasteiger partial charge on any atom is 0.253 e. The molecule has 0 unspecified atom stereocenters. The van der Waals surface area contributed by atoms with Gasteiger partial charge in [0.1, 0.15) is 0 Å². The first-order chi connectivity index (χ1) is 9.25. The molecule has 3 aromatic rings. The highest BCUT2D eigenvalue weighted by Gasteiger charge is 2.10. The Morgan fingerprint density at radius 1 is 0.789 bits per heavy atom. The molecule has 0 amide bonds. The Kier molecular flexibility index (Phi) is 3.06. The van der Waals surface area contributed by atoms with Crippen molar-refractivity contribution in [3.05, 3.63) is 72.3 Å². The molecule has 0 spiro atoms. The van der Waals surface area contributed by atoms with Gasteiger partial charge < -0.3 is 0 Å². The Morgan fingerprint density at radius 2 is 1.47 bits per heavy atom. The molecule has 0 atom stereocenters. The zero-order valence-electron chi connectivity index (χ0n) is 10.1. The van der Waals surface area contributed by atoms with Gasteiger partial charge >= 0.3 is 0 Å². The molecule has 0 aliphatic carbocycles. The van der Waals surface area contributed by atoms with Gasteiger partial charge in [0.15, 0.2) is 0 Å². The second-order valence-corrected chi connectivity index (χ2v) is 4.72. The third-order valence-electron chi connectivity index (χ3n) is 3.20. The number of fused-ring (bicyclic) bond motifs is 1. The van der Waals surface area contributed by atoms with Crippen molar-refractivity contribution in [1.82, 2.24) is 0 Å². The van der Waals surface area contributed by atoms with Crippen molar-refractivity contribution in [3.63, 3.8) is 0 Å². The van der Waals surface area contributed by atoms with Gasteiger partial charge in [-0.3, -0.25) is 4.79 Å². The summed E-state index contributed by atoms with van der Waals surface area (Å²) in [6.45, 7) is 0. The molecule has 0 heterocycles. The van der Waals surface area contributed by atoms with E-state index in [0.29, 0.717) is 5.56 Å². The minimum atomic E-state index is -0.427. The van der Waals surface area contributed by atoms with E-state index in [1.165, 1.54) is 5.39 Å². The summed E-state index contributed by atoms with van der Waals surface area (Å²) in [6, 6.07) is 21.7. The molecule has 0 N–H and O–H groups in total. The molecule has 1 nitrogen and oxygen atoms in total. The van der Waals surface area contributed by atoms with Crippen molar-refractivity contribution in [3.8, 4) is 11.1 Å². The van der Waals surface area contributed by atoms with Crippen LogP contribution in [0.3, 0.4) is 0 Å². The number of hydrogen-bond acceptors (Lipinski definition) is 1. The molecule has 19 heavy (non-hydrogen) atoms.